The first-order valence-corrected chi connectivity index (χ1v) is 9.42. The van der Waals surface area contributed by atoms with Crippen molar-refractivity contribution < 1.29 is 14.0 Å². The molecular weight excluding hydrogens is 359 g/mol. The fourth-order valence-electron chi connectivity index (χ4n) is 3.13. The predicted octanol–water partition coefficient (Wildman–Crippen LogP) is 2.81. The predicted molar refractivity (Wildman–Crippen MR) is 108 cm³/mol. The summed E-state index contributed by atoms with van der Waals surface area (Å²) in [6.07, 6.45) is 3.65. The average molecular weight is 388 g/mol. The van der Waals surface area contributed by atoms with Gasteiger partial charge in [0.15, 0.2) is 5.78 Å². The van der Waals surface area contributed by atoms with Crippen molar-refractivity contribution in [2.75, 3.05) is 19.6 Å². The molecule has 1 aliphatic rings. The second-order valence-electron chi connectivity index (χ2n) is 8.18. The third-order valence-electron chi connectivity index (χ3n) is 4.31. The van der Waals surface area contributed by atoms with E-state index in [1.165, 1.54) is 29.2 Å². The highest BCUT2D eigenvalue weighted by Gasteiger charge is 2.23. The van der Waals surface area contributed by atoms with Crippen LogP contribution < -0.4 is 5.32 Å². The molecule has 7 heteroatoms. The van der Waals surface area contributed by atoms with Crippen molar-refractivity contribution in [1.82, 2.24) is 15.1 Å². The van der Waals surface area contributed by atoms with E-state index in [0.29, 0.717) is 25.1 Å². The number of Topliss-reactive ketones (excluding diaryl/α,β-unsaturated/α-hetero) is 1. The summed E-state index contributed by atoms with van der Waals surface area (Å²) >= 11 is 0. The number of hydrogen-bond donors (Lipinski definition) is 2. The fourth-order valence-corrected chi connectivity index (χ4v) is 3.13. The molecule has 0 saturated carbocycles. The van der Waals surface area contributed by atoms with Crippen molar-refractivity contribution in [3.8, 4) is 0 Å². The Bertz CT molecular complexity index is 753. The van der Waals surface area contributed by atoms with Crippen LogP contribution in [0.2, 0.25) is 0 Å². The van der Waals surface area contributed by atoms with E-state index < -0.39 is 0 Å². The van der Waals surface area contributed by atoms with Crippen molar-refractivity contribution in [2.24, 2.45) is 0 Å². The molecule has 0 saturated heterocycles. The molecule has 28 heavy (non-hydrogen) atoms. The van der Waals surface area contributed by atoms with E-state index in [4.69, 9.17) is 5.41 Å². The minimum absolute atomic E-state index is 0.0232. The van der Waals surface area contributed by atoms with Gasteiger partial charge in [-0.1, -0.05) is 0 Å². The smallest absolute Gasteiger partial charge is 0.271 e. The zero-order valence-electron chi connectivity index (χ0n) is 17.0. The van der Waals surface area contributed by atoms with Gasteiger partial charge >= 0.3 is 0 Å². The average Bonchev–Trinajstić information content (AvgIpc) is 2.60. The molecule has 0 fully saturated rings. The number of nitrogens with zero attached hydrogens (tertiary/aromatic N) is 2. The van der Waals surface area contributed by atoms with Crippen LogP contribution in [0.4, 0.5) is 4.39 Å². The van der Waals surface area contributed by atoms with Crippen molar-refractivity contribution in [3.05, 3.63) is 48.0 Å². The zero-order valence-corrected chi connectivity index (χ0v) is 17.0. The molecule has 1 amide bonds. The van der Waals surface area contributed by atoms with E-state index in [1.807, 2.05) is 32.6 Å². The molecule has 6 nitrogen and oxygen atoms in total. The van der Waals surface area contributed by atoms with Gasteiger partial charge in [0.25, 0.3) is 5.91 Å². The first-order chi connectivity index (χ1) is 13.0. The lowest BCUT2D eigenvalue weighted by Crippen LogP contribution is -2.46. The van der Waals surface area contributed by atoms with Gasteiger partial charge in [0.05, 0.1) is 12.3 Å². The topological polar surface area (TPSA) is 76.5 Å². The second-order valence-corrected chi connectivity index (χ2v) is 8.18. The number of benzene rings is 1. The van der Waals surface area contributed by atoms with Gasteiger partial charge in [-0.3, -0.25) is 15.0 Å². The van der Waals surface area contributed by atoms with E-state index in [0.717, 1.165) is 0 Å². The number of carbonyl (C=O) groups excluding carboxylic acids is 2. The Morgan fingerprint density at radius 3 is 2.36 bits per heavy atom. The van der Waals surface area contributed by atoms with Crippen LogP contribution in [0.25, 0.3) is 0 Å². The van der Waals surface area contributed by atoms with Gasteiger partial charge in [-0.15, -0.1) is 0 Å². The Labute approximate surface area is 165 Å². The van der Waals surface area contributed by atoms with Crippen molar-refractivity contribution in [1.29, 1.82) is 5.41 Å². The molecule has 1 aromatic rings. The third kappa shape index (κ3) is 6.56. The first kappa shape index (κ1) is 21.8. The van der Waals surface area contributed by atoms with Crippen LogP contribution in [-0.4, -0.2) is 58.4 Å². The number of rotatable bonds is 7. The SMILES string of the molecule is CC(CC(=N)C(=O)N1C=CN(CC(=O)c2ccc(F)cc2)CC1)NC(C)(C)C. The minimum Gasteiger partial charge on any atom is -0.367 e. The molecule has 1 heterocycles. The van der Waals surface area contributed by atoms with Crippen LogP contribution >= 0.6 is 0 Å². The number of ketones is 1. The number of amides is 1. The van der Waals surface area contributed by atoms with E-state index in [-0.39, 0.29) is 41.3 Å². The van der Waals surface area contributed by atoms with Crippen LogP contribution in [0.1, 0.15) is 44.5 Å². The maximum atomic E-state index is 13.0. The lowest BCUT2D eigenvalue weighted by atomic mass is 10.0. The Balaban J connectivity index is 1.86. The highest BCUT2D eigenvalue weighted by atomic mass is 19.1. The molecule has 0 bridgehead atoms. The summed E-state index contributed by atoms with van der Waals surface area (Å²) in [4.78, 5) is 28.1. The number of halogens is 1. The monoisotopic (exact) mass is 388 g/mol. The summed E-state index contributed by atoms with van der Waals surface area (Å²) < 4.78 is 13.0. The Kier molecular flexibility index (Phi) is 7.07. The molecule has 0 spiro atoms. The number of nitrogens with one attached hydrogen (secondary N) is 2. The minimum atomic E-state index is -0.377. The van der Waals surface area contributed by atoms with E-state index >= 15 is 0 Å². The quantitative estimate of drug-likeness (QED) is 0.556. The molecule has 1 aromatic carbocycles. The van der Waals surface area contributed by atoms with Gasteiger partial charge in [0.1, 0.15) is 5.82 Å². The van der Waals surface area contributed by atoms with Crippen LogP contribution in [0.3, 0.4) is 0 Å². The van der Waals surface area contributed by atoms with E-state index in [2.05, 4.69) is 5.32 Å². The summed E-state index contributed by atoms with van der Waals surface area (Å²) in [7, 11) is 0. The highest BCUT2D eigenvalue weighted by Crippen LogP contribution is 2.10. The second kappa shape index (κ2) is 9.10. The molecule has 152 valence electrons. The van der Waals surface area contributed by atoms with Crippen LogP contribution in [-0.2, 0) is 4.79 Å². The van der Waals surface area contributed by atoms with Crippen LogP contribution in [0.5, 0.6) is 0 Å². The Morgan fingerprint density at radius 1 is 1.18 bits per heavy atom. The normalized spacial score (nSPS) is 15.5. The zero-order chi connectivity index (χ0) is 20.9. The number of carbonyl (C=O) groups is 2. The standard InChI is InChI=1S/C21H29FN4O2/c1-15(24-21(2,3)4)13-18(23)20(28)26-11-9-25(10-12-26)14-19(27)16-5-7-17(22)8-6-16/h5-9,11,15,23-24H,10,12-14H2,1-4H3. The van der Waals surface area contributed by atoms with Gasteiger partial charge in [-0.25, -0.2) is 4.39 Å². The molecule has 1 atom stereocenters. The molecule has 0 radical (unpaired) electrons. The van der Waals surface area contributed by atoms with Gasteiger partial charge in [-0.05, 0) is 52.0 Å². The highest BCUT2D eigenvalue weighted by molar-refractivity contribution is 6.37. The van der Waals surface area contributed by atoms with Crippen LogP contribution in [0.15, 0.2) is 36.7 Å². The fraction of sp³-hybridized carbons (Fsp3) is 0.476. The molecule has 0 aromatic heterocycles. The maximum absolute atomic E-state index is 13.0. The van der Waals surface area contributed by atoms with Gasteiger partial charge in [0.2, 0.25) is 0 Å². The molecule has 0 aliphatic carbocycles. The largest absolute Gasteiger partial charge is 0.367 e. The molecule has 2 N–H and O–H groups in total. The summed E-state index contributed by atoms with van der Waals surface area (Å²) in [6.45, 7) is 9.17. The summed E-state index contributed by atoms with van der Waals surface area (Å²) in [5.74, 6) is -0.805. The summed E-state index contributed by atoms with van der Waals surface area (Å²) in [6, 6.07) is 5.49. The van der Waals surface area contributed by atoms with E-state index in [1.54, 1.807) is 12.4 Å². The van der Waals surface area contributed by atoms with Gasteiger partial charge < -0.3 is 15.1 Å². The Hall–Kier alpha value is -2.54. The summed E-state index contributed by atoms with van der Waals surface area (Å²) in [5, 5.41) is 11.5. The maximum Gasteiger partial charge on any atom is 0.271 e. The number of hydrogen-bond acceptors (Lipinski definition) is 5. The van der Waals surface area contributed by atoms with Gasteiger partial charge in [-0.2, -0.15) is 0 Å². The lowest BCUT2D eigenvalue weighted by Gasteiger charge is -2.30. The van der Waals surface area contributed by atoms with Crippen molar-refractivity contribution >= 4 is 17.4 Å². The molecular formula is C21H29FN4O2. The molecule has 1 aliphatic heterocycles. The third-order valence-corrected chi connectivity index (χ3v) is 4.31. The molecule has 2 rings (SSSR count). The van der Waals surface area contributed by atoms with Gasteiger partial charge in [0, 0.05) is 49.1 Å². The van der Waals surface area contributed by atoms with Crippen molar-refractivity contribution in [2.45, 2.75) is 45.7 Å². The lowest BCUT2D eigenvalue weighted by molar-refractivity contribution is -0.122. The van der Waals surface area contributed by atoms with Crippen LogP contribution in [0, 0.1) is 11.2 Å². The summed E-state index contributed by atoms with van der Waals surface area (Å²) in [5.41, 5.74) is 0.436. The van der Waals surface area contributed by atoms with E-state index in [9.17, 15) is 14.0 Å². The van der Waals surface area contributed by atoms with Crippen molar-refractivity contribution in [3.63, 3.8) is 0 Å². The first-order valence-electron chi connectivity index (χ1n) is 9.42. The Morgan fingerprint density at radius 2 is 1.82 bits per heavy atom. The molecule has 1 unspecified atom stereocenters.